The van der Waals surface area contributed by atoms with Crippen LogP contribution in [0, 0.1) is 13.8 Å². The highest BCUT2D eigenvalue weighted by molar-refractivity contribution is 7.14. The molecule has 0 spiro atoms. The van der Waals surface area contributed by atoms with Crippen molar-refractivity contribution in [2.24, 2.45) is 5.10 Å². The monoisotopic (exact) mass is 365 g/mol. The summed E-state index contributed by atoms with van der Waals surface area (Å²) in [6.45, 7) is 5.85. The molecule has 0 saturated heterocycles. The molecule has 0 atom stereocenters. The Kier molecular flexibility index (Phi) is 5.14. The van der Waals surface area contributed by atoms with Gasteiger partial charge in [0.15, 0.2) is 0 Å². The van der Waals surface area contributed by atoms with Crippen LogP contribution < -0.4 is 5.43 Å². The predicted molar refractivity (Wildman–Crippen MR) is 105 cm³/mol. The van der Waals surface area contributed by atoms with Gasteiger partial charge in [-0.25, -0.2) is 5.43 Å². The summed E-state index contributed by atoms with van der Waals surface area (Å²) in [5.74, 6) is -0.170. The fourth-order valence-corrected chi connectivity index (χ4v) is 3.45. The number of carbonyl (C=O) groups is 1. The molecule has 3 rings (SSSR count). The average Bonchev–Trinajstić information content (AvgIpc) is 3.04. The lowest BCUT2D eigenvalue weighted by atomic mass is 10.0. The van der Waals surface area contributed by atoms with Crippen LogP contribution in [0.15, 0.2) is 53.2 Å². The smallest absolute Gasteiger partial charge is 0.272 e. The number of thiophene rings is 1. The predicted octanol–water partition coefficient (Wildman–Crippen LogP) is 4.29. The number of nitrogens with zero attached hydrogens (tertiary/aromatic N) is 2. The van der Waals surface area contributed by atoms with E-state index in [4.69, 9.17) is 0 Å². The topological polar surface area (TPSA) is 74.6 Å². The number of pyridine rings is 1. The maximum atomic E-state index is 12.0. The Hall–Kier alpha value is -2.99. The summed E-state index contributed by atoms with van der Waals surface area (Å²) < 4.78 is 0. The molecule has 1 amide bonds. The van der Waals surface area contributed by atoms with Gasteiger partial charge in [0, 0.05) is 17.8 Å². The normalized spacial score (nSPS) is 11.4. The van der Waals surface area contributed by atoms with E-state index in [2.05, 4.69) is 28.5 Å². The van der Waals surface area contributed by atoms with Crippen LogP contribution in [0.1, 0.15) is 34.0 Å². The van der Waals surface area contributed by atoms with E-state index in [1.165, 1.54) is 28.7 Å². The number of hydrogen-bond donors (Lipinski definition) is 2. The van der Waals surface area contributed by atoms with Crippen molar-refractivity contribution in [3.05, 3.63) is 70.4 Å². The zero-order chi connectivity index (χ0) is 18.7. The Morgan fingerprint density at radius 3 is 2.73 bits per heavy atom. The van der Waals surface area contributed by atoms with Crippen molar-refractivity contribution in [2.45, 2.75) is 20.8 Å². The van der Waals surface area contributed by atoms with Crippen LogP contribution in [0.5, 0.6) is 5.75 Å². The number of amides is 1. The Bertz CT molecular complexity index is 978. The molecule has 0 bridgehead atoms. The van der Waals surface area contributed by atoms with Gasteiger partial charge >= 0.3 is 0 Å². The first kappa shape index (κ1) is 17.8. The van der Waals surface area contributed by atoms with Crippen molar-refractivity contribution >= 4 is 23.0 Å². The number of aromatic nitrogens is 1. The highest BCUT2D eigenvalue weighted by atomic mass is 32.1. The van der Waals surface area contributed by atoms with Crippen molar-refractivity contribution < 1.29 is 9.90 Å². The van der Waals surface area contributed by atoms with Gasteiger partial charge in [-0.3, -0.25) is 9.78 Å². The quantitative estimate of drug-likeness (QED) is 0.535. The van der Waals surface area contributed by atoms with Crippen LogP contribution in [0.2, 0.25) is 0 Å². The van der Waals surface area contributed by atoms with Gasteiger partial charge in [-0.2, -0.15) is 5.10 Å². The molecule has 1 aromatic carbocycles. The lowest BCUT2D eigenvalue weighted by molar-refractivity contribution is 0.0954. The molecule has 0 radical (unpaired) electrons. The Balaban J connectivity index is 1.82. The number of aromatic hydroxyl groups is 1. The van der Waals surface area contributed by atoms with E-state index in [1.54, 1.807) is 25.3 Å². The Labute approximate surface area is 156 Å². The first-order valence-electron chi connectivity index (χ1n) is 8.10. The highest BCUT2D eigenvalue weighted by Crippen LogP contribution is 2.39. The second kappa shape index (κ2) is 7.49. The molecule has 0 aliphatic carbocycles. The van der Waals surface area contributed by atoms with Gasteiger partial charge in [-0.1, -0.05) is 18.2 Å². The van der Waals surface area contributed by atoms with Crippen molar-refractivity contribution in [2.75, 3.05) is 0 Å². The second-order valence-corrected chi connectivity index (χ2v) is 6.89. The van der Waals surface area contributed by atoms with Crippen molar-refractivity contribution in [1.29, 1.82) is 0 Å². The van der Waals surface area contributed by atoms with Gasteiger partial charge < -0.3 is 5.11 Å². The molecule has 0 aliphatic rings. The highest BCUT2D eigenvalue weighted by Gasteiger charge is 2.15. The summed E-state index contributed by atoms with van der Waals surface area (Å²) in [6, 6.07) is 9.44. The molecule has 0 aliphatic heterocycles. The van der Waals surface area contributed by atoms with Gasteiger partial charge in [0.1, 0.15) is 5.75 Å². The summed E-state index contributed by atoms with van der Waals surface area (Å²) in [7, 11) is 0. The van der Waals surface area contributed by atoms with Crippen LogP contribution in [0.4, 0.5) is 0 Å². The van der Waals surface area contributed by atoms with E-state index in [9.17, 15) is 9.90 Å². The number of benzene rings is 1. The van der Waals surface area contributed by atoms with Gasteiger partial charge in [0.25, 0.3) is 5.91 Å². The molecule has 2 N–H and O–H groups in total. The Morgan fingerprint density at radius 1 is 1.23 bits per heavy atom. The van der Waals surface area contributed by atoms with Gasteiger partial charge in [-0.15, -0.1) is 11.3 Å². The number of hydrazone groups is 1. The lowest BCUT2D eigenvalue weighted by Gasteiger charge is -2.05. The summed E-state index contributed by atoms with van der Waals surface area (Å²) >= 11 is 1.45. The first-order valence-corrected chi connectivity index (χ1v) is 8.98. The molecule has 6 heteroatoms. The van der Waals surface area contributed by atoms with Crippen LogP contribution >= 0.6 is 11.3 Å². The number of hydrogen-bond acceptors (Lipinski definition) is 5. The molecule has 0 unspecified atom stereocenters. The largest absolute Gasteiger partial charge is 0.506 e. The third-order valence-electron chi connectivity index (χ3n) is 4.17. The molecule has 0 fully saturated rings. The molecular formula is C20H19N3O2S. The van der Waals surface area contributed by atoms with Crippen LogP contribution in [-0.2, 0) is 0 Å². The third-order valence-corrected chi connectivity index (χ3v) is 5.19. The molecule has 132 valence electrons. The van der Waals surface area contributed by atoms with Crippen LogP contribution in [0.25, 0.3) is 10.4 Å². The van der Waals surface area contributed by atoms with E-state index in [1.807, 2.05) is 24.4 Å². The molecule has 0 saturated carbocycles. The van der Waals surface area contributed by atoms with E-state index in [0.717, 1.165) is 10.4 Å². The first-order chi connectivity index (χ1) is 12.5. The van der Waals surface area contributed by atoms with Crippen molar-refractivity contribution in [3.63, 3.8) is 0 Å². The maximum absolute atomic E-state index is 12.0. The molecule has 2 heterocycles. The molecule has 2 aromatic heterocycles. The van der Waals surface area contributed by atoms with E-state index in [0.29, 0.717) is 16.8 Å². The molecular weight excluding hydrogens is 346 g/mol. The molecule has 3 aromatic rings. The van der Waals surface area contributed by atoms with E-state index >= 15 is 0 Å². The number of rotatable bonds is 4. The van der Waals surface area contributed by atoms with Crippen molar-refractivity contribution in [3.8, 4) is 16.2 Å². The summed E-state index contributed by atoms with van der Waals surface area (Å²) in [6.07, 6.45) is 3.07. The summed E-state index contributed by atoms with van der Waals surface area (Å²) in [5, 5.41) is 16.6. The standard InChI is InChI=1S/C20H19N3O2S/c1-12-6-7-15(9-13(12)2)19-18(24)17(11-26-19)14(3)22-23-20(25)16-5-4-8-21-10-16/h4-11,24H,1-3H3,(H,23,25). The minimum absolute atomic E-state index is 0.176. The minimum atomic E-state index is -0.346. The zero-order valence-corrected chi connectivity index (χ0v) is 15.6. The molecule has 26 heavy (non-hydrogen) atoms. The maximum Gasteiger partial charge on any atom is 0.272 e. The summed E-state index contributed by atoms with van der Waals surface area (Å²) in [5.41, 5.74) is 7.41. The van der Waals surface area contributed by atoms with Crippen molar-refractivity contribution in [1.82, 2.24) is 10.4 Å². The summed E-state index contributed by atoms with van der Waals surface area (Å²) in [4.78, 5) is 16.7. The minimum Gasteiger partial charge on any atom is -0.506 e. The number of aryl methyl sites for hydroxylation is 2. The average molecular weight is 365 g/mol. The van der Waals surface area contributed by atoms with E-state index in [-0.39, 0.29) is 11.7 Å². The zero-order valence-electron chi connectivity index (χ0n) is 14.8. The van der Waals surface area contributed by atoms with E-state index < -0.39 is 0 Å². The number of carbonyl (C=O) groups excluding carboxylic acids is 1. The SMILES string of the molecule is CC(=NNC(=O)c1cccnc1)c1csc(-c2ccc(C)c(C)c2)c1O. The fourth-order valence-electron chi connectivity index (χ4n) is 2.45. The Morgan fingerprint density at radius 2 is 2.04 bits per heavy atom. The van der Waals surface area contributed by atoms with Gasteiger partial charge in [-0.05, 0) is 49.6 Å². The second-order valence-electron chi connectivity index (χ2n) is 6.01. The van der Waals surface area contributed by atoms with Crippen LogP contribution in [0.3, 0.4) is 0 Å². The third kappa shape index (κ3) is 3.65. The van der Waals surface area contributed by atoms with Gasteiger partial charge in [0.2, 0.25) is 0 Å². The number of nitrogens with one attached hydrogen (secondary N) is 1. The van der Waals surface area contributed by atoms with Gasteiger partial charge in [0.05, 0.1) is 21.7 Å². The molecule has 5 nitrogen and oxygen atoms in total. The fraction of sp³-hybridized carbons (Fsp3) is 0.150. The van der Waals surface area contributed by atoms with Crippen LogP contribution in [-0.4, -0.2) is 21.7 Å². The lowest BCUT2D eigenvalue weighted by Crippen LogP contribution is -2.19.